The Balaban J connectivity index is 0.00000480. The van der Waals surface area contributed by atoms with Crippen LogP contribution in [0.2, 0.25) is 0 Å². The fourth-order valence-corrected chi connectivity index (χ4v) is 3.12. The zero-order chi connectivity index (χ0) is 21.8. The zero-order valence-electron chi connectivity index (χ0n) is 19.5. The summed E-state index contributed by atoms with van der Waals surface area (Å²) in [6.07, 6.45) is 4.72. The number of hydrogen-bond donors (Lipinski definition) is 2. The highest BCUT2D eigenvalue weighted by atomic mass is 127. The molecule has 0 saturated carbocycles. The highest BCUT2D eigenvalue weighted by Gasteiger charge is 2.07. The molecule has 0 radical (unpaired) electrons. The summed E-state index contributed by atoms with van der Waals surface area (Å²) in [5.41, 5.74) is 1.19. The smallest absolute Gasteiger partial charge is 0.191 e. The van der Waals surface area contributed by atoms with Gasteiger partial charge in [0.05, 0.1) is 13.2 Å². The number of ether oxygens (including phenoxy) is 2. The van der Waals surface area contributed by atoms with E-state index in [0.717, 1.165) is 49.3 Å². The van der Waals surface area contributed by atoms with Crippen LogP contribution in [0.1, 0.15) is 46.0 Å². The maximum atomic E-state index is 5.72. The monoisotopic (exact) mass is 543 g/mol. The van der Waals surface area contributed by atoms with Gasteiger partial charge in [0.25, 0.3) is 0 Å². The number of guanidine groups is 1. The van der Waals surface area contributed by atoms with Gasteiger partial charge in [0.2, 0.25) is 0 Å². The average molecular weight is 543 g/mol. The van der Waals surface area contributed by atoms with E-state index in [0.29, 0.717) is 25.7 Å². The van der Waals surface area contributed by atoms with Crippen LogP contribution in [0.15, 0.2) is 35.6 Å². The van der Waals surface area contributed by atoms with Crippen LogP contribution < -0.4 is 20.1 Å². The molecule has 0 spiro atoms. The molecule has 7 nitrogen and oxygen atoms in total. The van der Waals surface area contributed by atoms with Crippen molar-refractivity contribution >= 4 is 29.9 Å². The number of halogens is 1. The van der Waals surface area contributed by atoms with Crippen LogP contribution in [0.3, 0.4) is 0 Å². The van der Waals surface area contributed by atoms with Crippen molar-refractivity contribution in [1.82, 2.24) is 20.2 Å². The third-order valence-electron chi connectivity index (χ3n) is 4.40. The average Bonchev–Trinajstić information content (AvgIpc) is 3.14. The Morgan fingerprint density at radius 3 is 2.52 bits per heavy atom. The number of rotatable bonds is 12. The first-order valence-corrected chi connectivity index (χ1v) is 11.0. The van der Waals surface area contributed by atoms with Crippen LogP contribution in [-0.4, -0.2) is 41.8 Å². The topological polar surface area (TPSA) is 72.7 Å². The van der Waals surface area contributed by atoms with Gasteiger partial charge in [0.1, 0.15) is 12.4 Å². The van der Waals surface area contributed by atoms with Gasteiger partial charge < -0.3 is 24.7 Å². The summed E-state index contributed by atoms with van der Waals surface area (Å²) in [4.78, 5) is 9.16. The summed E-state index contributed by atoms with van der Waals surface area (Å²) >= 11 is 0. The molecule has 0 aliphatic rings. The van der Waals surface area contributed by atoms with E-state index in [-0.39, 0.29) is 24.0 Å². The number of hydrogen-bond acceptors (Lipinski definition) is 4. The van der Waals surface area contributed by atoms with Gasteiger partial charge in [-0.05, 0) is 50.8 Å². The first-order chi connectivity index (χ1) is 14.6. The van der Waals surface area contributed by atoms with E-state index in [1.807, 2.05) is 32.3 Å². The van der Waals surface area contributed by atoms with Crippen molar-refractivity contribution in [2.45, 2.75) is 54.1 Å². The Kier molecular flexibility index (Phi) is 13.0. The molecule has 0 aliphatic heterocycles. The highest BCUT2D eigenvalue weighted by molar-refractivity contribution is 14.0. The summed E-state index contributed by atoms with van der Waals surface area (Å²) < 4.78 is 13.5. The molecule has 31 heavy (non-hydrogen) atoms. The van der Waals surface area contributed by atoms with Crippen LogP contribution in [0, 0.1) is 5.92 Å². The molecular formula is C23H38IN5O2. The lowest BCUT2D eigenvalue weighted by Crippen LogP contribution is -2.38. The number of benzene rings is 1. The molecule has 0 saturated heterocycles. The van der Waals surface area contributed by atoms with Crippen molar-refractivity contribution in [1.29, 1.82) is 0 Å². The van der Waals surface area contributed by atoms with Crippen molar-refractivity contribution in [3.63, 3.8) is 0 Å². The van der Waals surface area contributed by atoms with Gasteiger partial charge in [-0.1, -0.05) is 19.9 Å². The Bertz CT molecular complexity index is 792. The number of nitrogens with one attached hydrogen (secondary N) is 2. The van der Waals surface area contributed by atoms with Crippen molar-refractivity contribution in [3.05, 3.63) is 42.0 Å². The molecule has 0 amide bonds. The lowest BCUT2D eigenvalue weighted by Gasteiger charge is -2.14. The summed E-state index contributed by atoms with van der Waals surface area (Å²) in [5.74, 6) is 3.95. The Morgan fingerprint density at radius 1 is 1.10 bits per heavy atom. The van der Waals surface area contributed by atoms with Crippen LogP contribution in [0.5, 0.6) is 11.5 Å². The van der Waals surface area contributed by atoms with Crippen LogP contribution in [-0.2, 0) is 19.5 Å². The van der Waals surface area contributed by atoms with E-state index in [4.69, 9.17) is 14.5 Å². The fourth-order valence-electron chi connectivity index (χ4n) is 3.12. The number of aromatic nitrogens is 2. The minimum atomic E-state index is 0. The molecule has 0 fully saturated rings. The Hall–Kier alpha value is -1.97. The number of nitrogens with zero attached hydrogens (tertiary/aromatic N) is 3. The lowest BCUT2D eigenvalue weighted by molar-refractivity contribution is 0.287. The second-order valence-electron chi connectivity index (χ2n) is 7.41. The van der Waals surface area contributed by atoms with Gasteiger partial charge in [-0.2, -0.15) is 0 Å². The van der Waals surface area contributed by atoms with E-state index in [9.17, 15) is 0 Å². The summed E-state index contributed by atoms with van der Waals surface area (Å²) in [5, 5.41) is 6.72. The normalized spacial score (nSPS) is 11.2. The first-order valence-electron chi connectivity index (χ1n) is 11.0. The van der Waals surface area contributed by atoms with Gasteiger partial charge in [-0.15, -0.1) is 24.0 Å². The van der Waals surface area contributed by atoms with Crippen molar-refractivity contribution < 1.29 is 9.47 Å². The first kappa shape index (κ1) is 27.1. The molecule has 8 heteroatoms. The fraction of sp³-hybridized carbons (Fsp3) is 0.565. The number of aliphatic imine (C=N–C) groups is 1. The molecule has 2 N–H and O–H groups in total. The molecule has 0 bridgehead atoms. The van der Waals surface area contributed by atoms with Crippen LogP contribution in [0.4, 0.5) is 0 Å². The Morgan fingerprint density at radius 2 is 1.84 bits per heavy atom. The predicted molar refractivity (Wildman–Crippen MR) is 138 cm³/mol. The quantitative estimate of drug-likeness (QED) is 0.238. The molecule has 1 aromatic heterocycles. The summed E-state index contributed by atoms with van der Waals surface area (Å²) in [6.45, 7) is 14.8. The Labute approximate surface area is 204 Å². The van der Waals surface area contributed by atoms with E-state index in [1.165, 1.54) is 5.56 Å². The number of imidazole rings is 1. The zero-order valence-corrected chi connectivity index (χ0v) is 21.8. The lowest BCUT2D eigenvalue weighted by atomic mass is 10.1. The van der Waals surface area contributed by atoms with Crippen molar-refractivity contribution in [3.8, 4) is 11.5 Å². The second kappa shape index (κ2) is 14.9. The van der Waals surface area contributed by atoms with Crippen molar-refractivity contribution in [2.75, 3.05) is 26.3 Å². The van der Waals surface area contributed by atoms with E-state index >= 15 is 0 Å². The van der Waals surface area contributed by atoms with Crippen LogP contribution in [0.25, 0.3) is 0 Å². The molecule has 2 rings (SSSR count). The third-order valence-corrected chi connectivity index (χ3v) is 4.40. The molecule has 2 aromatic rings. The molecule has 0 unspecified atom stereocenters. The highest BCUT2D eigenvalue weighted by Crippen LogP contribution is 2.28. The molecule has 1 heterocycles. The molecule has 174 valence electrons. The molecule has 1 aromatic carbocycles. The maximum Gasteiger partial charge on any atom is 0.191 e. The molecule has 0 aliphatic carbocycles. The summed E-state index contributed by atoms with van der Waals surface area (Å²) in [6, 6.07) is 6.13. The van der Waals surface area contributed by atoms with Gasteiger partial charge in [-0.3, -0.25) is 0 Å². The minimum Gasteiger partial charge on any atom is -0.490 e. The van der Waals surface area contributed by atoms with E-state index < -0.39 is 0 Å². The molecule has 0 atom stereocenters. The van der Waals surface area contributed by atoms with Gasteiger partial charge in [0, 0.05) is 32.0 Å². The largest absolute Gasteiger partial charge is 0.490 e. The van der Waals surface area contributed by atoms with Gasteiger partial charge in [0.15, 0.2) is 17.5 Å². The standard InChI is InChI=1S/C23H37N5O2.HI/c1-6-24-23(27-16-22-25-13-14-28(22)17-18(4)5)26-12-11-19-9-10-20(29-7-2)21(15-19)30-8-3;/h9-10,13-15,18H,6-8,11-12,16-17H2,1-5H3,(H2,24,26,27);1H. The van der Waals surface area contributed by atoms with Gasteiger partial charge >= 0.3 is 0 Å². The SMILES string of the molecule is CCNC(=NCc1nccn1CC(C)C)NCCc1ccc(OCC)c(OCC)c1.I. The maximum absolute atomic E-state index is 5.72. The van der Waals surface area contributed by atoms with E-state index in [1.54, 1.807) is 0 Å². The predicted octanol–water partition coefficient (Wildman–Crippen LogP) is 4.25. The minimum absolute atomic E-state index is 0. The third kappa shape index (κ3) is 9.37. The van der Waals surface area contributed by atoms with Crippen LogP contribution >= 0.6 is 24.0 Å². The second-order valence-corrected chi connectivity index (χ2v) is 7.41. The summed E-state index contributed by atoms with van der Waals surface area (Å²) in [7, 11) is 0. The van der Waals surface area contributed by atoms with E-state index in [2.05, 4.69) is 53.1 Å². The molecular weight excluding hydrogens is 505 g/mol. The van der Waals surface area contributed by atoms with Gasteiger partial charge in [-0.25, -0.2) is 9.98 Å². The van der Waals surface area contributed by atoms with Crippen molar-refractivity contribution in [2.24, 2.45) is 10.9 Å².